The predicted octanol–water partition coefficient (Wildman–Crippen LogP) is 9.06. The van der Waals surface area contributed by atoms with Crippen LogP contribution < -0.4 is 4.90 Å². The minimum Gasteiger partial charge on any atom is -0.350 e. The third-order valence-corrected chi connectivity index (χ3v) is 6.35. The van der Waals surface area contributed by atoms with E-state index in [2.05, 4.69) is 110 Å². The number of hydrogen-bond donors (Lipinski definition) is 0. The number of allylic oxidation sites excluding steroid dienone is 8. The molecule has 0 heterocycles. The number of hydrogen-bond acceptors (Lipinski definition) is 1. The Kier molecular flexibility index (Phi) is 10.6. The number of para-hydroxylation sites is 1. The van der Waals surface area contributed by atoms with E-state index >= 15 is 0 Å². The molecule has 3 aromatic carbocycles. The molecule has 0 radical (unpaired) electrons. The Morgan fingerprint density at radius 2 is 1.43 bits per heavy atom. The van der Waals surface area contributed by atoms with Crippen LogP contribution in [0.1, 0.15) is 42.5 Å². The van der Waals surface area contributed by atoms with Crippen LogP contribution in [0.2, 0.25) is 0 Å². The molecule has 0 unspecified atom stereocenters. The van der Waals surface area contributed by atoms with Gasteiger partial charge in [0.2, 0.25) is 0 Å². The first-order chi connectivity index (χ1) is 18.0. The van der Waals surface area contributed by atoms with Crippen molar-refractivity contribution < 1.29 is 0 Å². The molecule has 1 heteroatoms. The van der Waals surface area contributed by atoms with Gasteiger partial charge in [0.1, 0.15) is 0 Å². The van der Waals surface area contributed by atoms with E-state index in [0.29, 0.717) is 0 Å². The first-order valence-electron chi connectivity index (χ1n) is 12.8. The van der Waals surface area contributed by atoms with E-state index in [1.165, 1.54) is 27.8 Å². The Balaban J connectivity index is 1.58. The summed E-state index contributed by atoms with van der Waals surface area (Å²) < 4.78 is 0. The van der Waals surface area contributed by atoms with Crippen LogP contribution in [-0.4, -0.2) is 7.05 Å². The quantitative estimate of drug-likeness (QED) is 0.194. The van der Waals surface area contributed by atoms with Gasteiger partial charge in [-0.1, -0.05) is 115 Å². The fourth-order valence-corrected chi connectivity index (χ4v) is 3.98. The molecule has 1 nitrogen and oxygen atoms in total. The van der Waals surface area contributed by atoms with E-state index in [0.717, 1.165) is 36.1 Å². The van der Waals surface area contributed by atoms with Crippen molar-refractivity contribution in [3.8, 4) is 12.3 Å². The summed E-state index contributed by atoms with van der Waals surface area (Å²) >= 11 is 0. The van der Waals surface area contributed by atoms with E-state index in [1.54, 1.807) is 0 Å². The molecule has 0 spiro atoms. The standard InChI is InChI=1S/C36H37N/c1-6-8-10-13-29(3)16-17-30(4)34-24-20-31(21-25-34)18-19-32-22-26-35(27-23-32)33(7-2)28-37(5)36-14-11-9-12-15-36/h2,6,8-12,14-17,20-28H,1,13,18-19H2,3-5H3/b10-8-,29-16+,30-17+,33-28+. The average molecular weight is 484 g/mol. The molecular weight excluding hydrogens is 446 g/mol. The Morgan fingerprint density at radius 3 is 2.00 bits per heavy atom. The minimum absolute atomic E-state index is 0.871. The van der Waals surface area contributed by atoms with Gasteiger partial charge in [0.25, 0.3) is 0 Å². The normalized spacial score (nSPS) is 12.4. The molecule has 0 aliphatic rings. The third kappa shape index (κ3) is 8.71. The van der Waals surface area contributed by atoms with Gasteiger partial charge in [0, 0.05) is 24.5 Å². The number of nitrogens with zero attached hydrogens (tertiary/aromatic N) is 1. The molecule has 0 saturated carbocycles. The van der Waals surface area contributed by atoms with Crippen LogP contribution in [0.3, 0.4) is 0 Å². The lowest BCUT2D eigenvalue weighted by Crippen LogP contribution is -2.08. The summed E-state index contributed by atoms with van der Waals surface area (Å²) in [5.74, 6) is 2.84. The Bertz CT molecular complexity index is 1310. The minimum atomic E-state index is 0.871. The average Bonchev–Trinajstić information content (AvgIpc) is 2.94. The van der Waals surface area contributed by atoms with E-state index in [9.17, 15) is 0 Å². The van der Waals surface area contributed by atoms with Gasteiger partial charge in [0.15, 0.2) is 0 Å². The van der Waals surface area contributed by atoms with Crippen LogP contribution in [0.5, 0.6) is 0 Å². The van der Waals surface area contributed by atoms with E-state index in [-0.39, 0.29) is 0 Å². The van der Waals surface area contributed by atoms with Crippen LogP contribution in [-0.2, 0) is 12.8 Å². The van der Waals surface area contributed by atoms with Crippen molar-refractivity contribution in [1.29, 1.82) is 0 Å². The molecular formula is C36H37N. The molecule has 3 rings (SSSR count). The van der Waals surface area contributed by atoms with E-state index in [4.69, 9.17) is 6.42 Å². The third-order valence-electron chi connectivity index (χ3n) is 6.35. The van der Waals surface area contributed by atoms with Crippen LogP contribution in [0.25, 0.3) is 11.1 Å². The maximum absolute atomic E-state index is 5.84. The number of aryl methyl sites for hydroxylation is 2. The molecule has 186 valence electrons. The van der Waals surface area contributed by atoms with Crippen molar-refractivity contribution in [3.05, 3.63) is 150 Å². The molecule has 3 aromatic rings. The summed E-state index contributed by atoms with van der Waals surface area (Å²) in [5, 5.41) is 0. The van der Waals surface area contributed by atoms with Gasteiger partial charge in [0.05, 0.1) is 0 Å². The monoisotopic (exact) mass is 483 g/mol. The summed E-state index contributed by atoms with van der Waals surface area (Å²) in [5.41, 5.74) is 9.53. The fraction of sp³-hybridized carbons (Fsp3) is 0.167. The van der Waals surface area contributed by atoms with Gasteiger partial charge in [-0.3, -0.25) is 0 Å². The maximum atomic E-state index is 5.84. The predicted molar refractivity (Wildman–Crippen MR) is 163 cm³/mol. The van der Waals surface area contributed by atoms with Gasteiger partial charge in [-0.15, -0.1) is 6.42 Å². The van der Waals surface area contributed by atoms with Crippen LogP contribution in [0.4, 0.5) is 5.69 Å². The smallest absolute Gasteiger partial charge is 0.0477 e. The Morgan fingerprint density at radius 1 is 0.838 bits per heavy atom. The molecule has 0 saturated heterocycles. The van der Waals surface area contributed by atoms with E-state index in [1.807, 2.05) is 43.6 Å². The lowest BCUT2D eigenvalue weighted by molar-refractivity contribution is 0.959. The second-order valence-corrected chi connectivity index (χ2v) is 9.26. The molecule has 0 aromatic heterocycles. The second-order valence-electron chi connectivity index (χ2n) is 9.26. The lowest BCUT2D eigenvalue weighted by Gasteiger charge is -2.15. The number of terminal acetylenes is 1. The van der Waals surface area contributed by atoms with Crippen LogP contribution in [0, 0.1) is 12.3 Å². The van der Waals surface area contributed by atoms with E-state index < -0.39 is 0 Å². The molecule has 0 bridgehead atoms. The molecule has 0 fully saturated rings. The number of rotatable bonds is 11. The molecule has 0 aliphatic heterocycles. The first kappa shape index (κ1) is 27.3. The summed E-state index contributed by atoms with van der Waals surface area (Å²) in [6.07, 6.45) is 21.1. The van der Waals surface area contributed by atoms with Crippen molar-refractivity contribution in [1.82, 2.24) is 0 Å². The largest absolute Gasteiger partial charge is 0.350 e. The molecule has 37 heavy (non-hydrogen) atoms. The maximum Gasteiger partial charge on any atom is 0.0477 e. The SMILES string of the molecule is C#C/C(=C\N(C)c1ccccc1)c1ccc(CCc2ccc(/C(C)=C/C=C(\C)C/C=C\C=C)cc2)cc1. The zero-order chi connectivity index (χ0) is 26.5. The highest BCUT2D eigenvalue weighted by Crippen LogP contribution is 2.20. The van der Waals surface area contributed by atoms with Gasteiger partial charge in [-0.05, 0) is 73.1 Å². The van der Waals surface area contributed by atoms with Crippen LogP contribution in [0.15, 0.2) is 128 Å². The molecule has 0 amide bonds. The van der Waals surface area contributed by atoms with Gasteiger partial charge >= 0.3 is 0 Å². The molecule has 0 aliphatic carbocycles. The Hall–Kier alpha value is -4.28. The lowest BCUT2D eigenvalue weighted by atomic mass is 9.99. The van der Waals surface area contributed by atoms with Gasteiger partial charge in [-0.25, -0.2) is 0 Å². The van der Waals surface area contributed by atoms with Crippen molar-refractivity contribution in [3.63, 3.8) is 0 Å². The van der Waals surface area contributed by atoms with Gasteiger partial charge < -0.3 is 4.90 Å². The summed E-state index contributed by atoms with van der Waals surface area (Å²) in [6, 6.07) is 27.7. The fourth-order valence-electron chi connectivity index (χ4n) is 3.98. The molecule has 0 N–H and O–H groups in total. The second kappa shape index (κ2) is 14.3. The Labute approximate surface area is 223 Å². The van der Waals surface area contributed by atoms with Crippen molar-refractivity contribution >= 4 is 16.8 Å². The number of anilines is 1. The number of benzene rings is 3. The summed E-state index contributed by atoms with van der Waals surface area (Å²) in [4.78, 5) is 2.06. The zero-order valence-electron chi connectivity index (χ0n) is 22.3. The highest BCUT2D eigenvalue weighted by Gasteiger charge is 2.04. The van der Waals surface area contributed by atoms with Crippen molar-refractivity contribution in [2.24, 2.45) is 0 Å². The van der Waals surface area contributed by atoms with Gasteiger partial charge in [-0.2, -0.15) is 0 Å². The topological polar surface area (TPSA) is 3.24 Å². The highest BCUT2D eigenvalue weighted by atomic mass is 15.1. The van der Waals surface area contributed by atoms with Crippen molar-refractivity contribution in [2.75, 3.05) is 11.9 Å². The van der Waals surface area contributed by atoms with Crippen molar-refractivity contribution in [2.45, 2.75) is 33.1 Å². The van der Waals surface area contributed by atoms with Crippen LogP contribution >= 0.6 is 0 Å². The first-order valence-corrected chi connectivity index (χ1v) is 12.8. The highest BCUT2D eigenvalue weighted by molar-refractivity contribution is 5.80. The zero-order valence-corrected chi connectivity index (χ0v) is 22.3. The summed E-state index contributed by atoms with van der Waals surface area (Å²) in [7, 11) is 2.02. The molecule has 0 atom stereocenters. The summed E-state index contributed by atoms with van der Waals surface area (Å²) in [6.45, 7) is 8.03.